The van der Waals surface area contributed by atoms with Crippen LogP contribution < -0.4 is 20.7 Å². The van der Waals surface area contributed by atoms with Crippen LogP contribution in [0.1, 0.15) is 42.0 Å². The molecule has 17 nitrogen and oxygen atoms in total. The molecule has 9 rings (SSSR count). The molecule has 3 fully saturated rings. The van der Waals surface area contributed by atoms with Crippen molar-refractivity contribution in [2.75, 3.05) is 100 Å². The highest BCUT2D eigenvalue weighted by molar-refractivity contribution is 5.99. The average molecular weight is 831 g/mol. The Balaban J connectivity index is 0.000000169. The number of para-hydroxylation sites is 2. The van der Waals surface area contributed by atoms with E-state index in [-0.39, 0.29) is 6.29 Å². The number of H-pyrrole nitrogens is 2. The molecular formula is C44H54N12O5. The molecule has 0 unspecified atom stereocenters. The maximum Gasteiger partial charge on any atom is 0.158 e. The number of aromatic nitrogens is 6. The summed E-state index contributed by atoms with van der Waals surface area (Å²) in [5.74, 6) is 4.67. The van der Waals surface area contributed by atoms with E-state index in [9.17, 15) is 0 Å². The summed E-state index contributed by atoms with van der Waals surface area (Å²) < 4.78 is 27.4. The Morgan fingerprint density at radius 1 is 0.689 bits per heavy atom. The SMILES string of the molecule is C(=NNc1cc(N2CCOCC2)nc(CCC2OCCCO2)n1)c1c[nH]c2ccccc12.COCCCc1nc(NN=Cc2c[nH]c3ccccc23)cc(N2CCOCC2)n1. The number of ether oxygens (including phenoxy) is 5. The summed E-state index contributed by atoms with van der Waals surface area (Å²) in [4.78, 5) is 29.8. The molecule has 0 radical (unpaired) electrons. The summed E-state index contributed by atoms with van der Waals surface area (Å²) in [6, 6.07) is 20.2. The summed E-state index contributed by atoms with van der Waals surface area (Å²) in [6.45, 7) is 8.27. The average Bonchev–Trinajstić information content (AvgIpc) is 3.93. The number of fused-ring (bicyclic) bond motifs is 2. The summed E-state index contributed by atoms with van der Waals surface area (Å²) in [5, 5.41) is 11.1. The second kappa shape index (κ2) is 21.5. The van der Waals surface area contributed by atoms with E-state index in [4.69, 9.17) is 33.7 Å². The largest absolute Gasteiger partial charge is 0.385 e. The lowest BCUT2D eigenvalue weighted by Crippen LogP contribution is -2.37. The van der Waals surface area contributed by atoms with Crippen molar-refractivity contribution in [3.8, 4) is 0 Å². The van der Waals surface area contributed by atoms with Gasteiger partial charge >= 0.3 is 0 Å². The first kappa shape index (κ1) is 41.7. The zero-order chi connectivity index (χ0) is 41.5. The van der Waals surface area contributed by atoms with Gasteiger partial charge in [-0.25, -0.2) is 19.9 Å². The number of hydrazone groups is 2. The van der Waals surface area contributed by atoms with Crippen molar-refractivity contribution in [1.82, 2.24) is 29.9 Å². The summed E-state index contributed by atoms with van der Waals surface area (Å²) in [5.41, 5.74) is 10.4. The van der Waals surface area contributed by atoms with E-state index in [1.165, 1.54) is 0 Å². The van der Waals surface area contributed by atoms with Gasteiger partial charge in [0.15, 0.2) is 17.9 Å². The van der Waals surface area contributed by atoms with E-state index in [1.54, 1.807) is 19.5 Å². The number of morpholine rings is 2. The molecule has 6 aromatic rings. The molecule has 3 saturated heterocycles. The highest BCUT2D eigenvalue weighted by Gasteiger charge is 2.19. The topological polar surface area (TPSA) is 185 Å². The predicted octanol–water partition coefficient (Wildman–Crippen LogP) is 5.76. The normalized spacial score (nSPS) is 16.4. The Morgan fingerprint density at radius 3 is 1.72 bits per heavy atom. The van der Waals surface area contributed by atoms with E-state index in [0.717, 1.165) is 121 Å². The van der Waals surface area contributed by atoms with Gasteiger partial charge in [-0.05, 0) is 25.0 Å². The Labute approximate surface area is 354 Å². The number of rotatable bonds is 15. The Bertz CT molecular complexity index is 2350. The minimum atomic E-state index is -0.185. The zero-order valence-electron chi connectivity index (χ0n) is 34.6. The molecule has 2 aromatic carbocycles. The van der Waals surface area contributed by atoms with Gasteiger partial charge < -0.3 is 43.5 Å². The molecule has 4 N–H and O–H groups in total. The smallest absolute Gasteiger partial charge is 0.158 e. The van der Waals surface area contributed by atoms with E-state index in [2.05, 4.69) is 62.9 Å². The maximum atomic E-state index is 5.67. The van der Waals surface area contributed by atoms with Crippen molar-refractivity contribution in [2.45, 2.75) is 38.4 Å². The van der Waals surface area contributed by atoms with Crippen molar-refractivity contribution in [3.05, 3.63) is 95.8 Å². The number of nitrogens with one attached hydrogen (secondary N) is 4. The fourth-order valence-electron chi connectivity index (χ4n) is 7.28. The molecule has 3 aliphatic rings. The van der Waals surface area contributed by atoms with Crippen LogP contribution >= 0.6 is 0 Å². The highest BCUT2D eigenvalue weighted by Crippen LogP contribution is 2.22. The van der Waals surface area contributed by atoms with Crippen LogP contribution in [0, 0.1) is 0 Å². The number of methoxy groups -OCH3 is 1. The summed E-state index contributed by atoms with van der Waals surface area (Å²) in [7, 11) is 1.71. The second-order valence-corrected chi connectivity index (χ2v) is 14.7. The molecule has 4 aromatic heterocycles. The second-order valence-electron chi connectivity index (χ2n) is 14.7. The van der Waals surface area contributed by atoms with Crippen LogP contribution in [0.3, 0.4) is 0 Å². The Hall–Kier alpha value is -5.98. The lowest BCUT2D eigenvalue weighted by Gasteiger charge is -2.28. The fraction of sp³-hybridized carbons (Fsp3) is 0.409. The third-order valence-electron chi connectivity index (χ3n) is 10.4. The van der Waals surface area contributed by atoms with E-state index in [0.29, 0.717) is 51.1 Å². The molecule has 0 bridgehead atoms. The molecule has 0 atom stereocenters. The lowest BCUT2D eigenvalue weighted by molar-refractivity contribution is -0.180. The first-order valence-electron chi connectivity index (χ1n) is 21.0. The first-order valence-corrected chi connectivity index (χ1v) is 21.0. The molecule has 3 aliphatic heterocycles. The first-order chi connectivity index (χ1) is 30.2. The molecular weight excluding hydrogens is 777 g/mol. The molecule has 0 aliphatic carbocycles. The van der Waals surface area contributed by atoms with Crippen molar-refractivity contribution in [2.24, 2.45) is 10.2 Å². The number of anilines is 4. The van der Waals surface area contributed by atoms with Crippen LogP contribution in [0.4, 0.5) is 23.3 Å². The molecule has 61 heavy (non-hydrogen) atoms. The quantitative estimate of drug-likeness (QED) is 0.0558. The van der Waals surface area contributed by atoms with Gasteiger partial charge in [0.2, 0.25) is 0 Å². The van der Waals surface area contributed by atoms with Crippen molar-refractivity contribution in [3.63, 3.8) is 0 Å². The molecule has 7 heterocycles. The van der Waals surface area contributed by atoms with Gasteiger partial charge in [-0.2, -0.15) is 10.2 Å². The predicted molar refractivity (Wildman–Crippen MR) is 238 cm³/mol. The molecule has 0 spiro atoms. The molecule has 0 saturated carbocycles. The van der Waals surface area contributed by atoms with Gasteiger partial charge in [-0.3, -0.25) is 10.9 Å². The minimum Gasteiger partial charge on any atom is -0.385 e. The molecule has 320 valence electrons. The van der Waals surface area contributed by atoms with Crippen LogP contribution in [-0.4, -0.2) is 128 Å². The summed E-state index contributed by atoms with van der Waals surface area (Å²) in [6.07, 6.45) is 11.3. The fourth-order valence-corrected chi connectivity index (χ4v) is 7.28. The van der Waals surface area contributed by atoms with Crippen LogP contribution in [0.5, 0.6) is 0 Å². The van der Waals surface area contributed by atoms with Gasteiger partial charge in [0.25, 0.3) is 0 Å². The van der Waals surface area contributed by atoms with E-state index in [1.807, 2.05) is 60.9 Å². The lowest BCUT2D eigenvalue weighted by atomic mass is 10.2. The van der Waals surface area contributed by atoms with Crippen LogP contribution in [0.15, 0.2) is 83.3 Å². The number of hydrogen-bond acceptors (Lipinski definition) is 15. The van der Waals surface area contributed by atoms with Crippen molar-refractivity contribution >= 4 is 57.5 Å². The number of benzene rings is 2. The molecule has 0 amide bonds. The van der Waals surface area contributed by atoms with Gasteiger partial charge in [-0.1, -0.05) is 36.4 Å². The van der Waals surface area contributed by atoms with Gasteiger partial charge in [0, 0.05) is 117 Å². The third kappa shape index (κ3) is 11.6. The highest BCUT2D eigenvalue weighted by atomic mass is 16.7. The Kier molecular flexibility index (Phi) is 14.7. The van der Waals surface area contributed by atoms with Gasteiger partial charge in [-0.15, -0.1) is 0 Å². The zero-order valence-corrected chi connectivity index (χ0v) is 34.6. The summed E-state index contributed by atoms with van der Waals surface area (Å²) >= 11 is 0. The number of aryl methyl sites for hydroxylation is 2. The standard InChI is InChI=1S/C23H28N6O3.C21H26N6O2/c1-2-5-19-18(4-1)17(15-24-19)16-25-28-21-14-22(29-8-12-30-13-9-29)27-20(26-21)6-7-23-31-10-3-11-32-23;1-28-10-4-7-19-24-20(13-21(25-19)27-8-11-29-12-9-27)26-23-15-16-14-22-18-6-3-2-5-17(16)18/h1-2,4-5,14-16,23-24H,3,6-13H2,(H,26,27,28);2-3,5-6,13-15,22H,4,7-12H2,1H3,(H,24,25,26). The maximum absolute atomic E-state index is 5.67. The van der Waals surface area contributed by atoms with Crippen molar-refractivity contribution < 1.29 is 23.7 Å². The Morgan fingerprint density at radius 2 is 1.20 bits per heavy atom. The number of hydrogen-bond donors (Lipinski definition) is 4. The third-order valence-corrected chi connectivity index (χ3v) is 10.4. The van der Waals surface area contributed by atoms with Crippen molar-refractivity contribution in [1.29, 1.82) is 0 Å². The monoisotopic (exact) mass is 830 g/mol. The molecule has 17 heteroatoms. The van der Waals surface area contributed by atoms with Gasteiger partial charge in [0.05, 0.1) is 52.1 Å². The van der Waals surface area contributed by atoms with Gasteiger partial charge in [0.1, 0.15) is 23.3 Å². The van der Waals surface area contributed by atoms with Crippen LogP contribution in [-0.2, 0) is 36.5 Å². The van der Waals surface area contributed by atoms with Crippen LogP contribution in [0.2, 0.25) is 0 Å². The number of nitrogens with zero attached hydrogens (tertiary/aromatic N) is 8. The number of aromatic amines is 2. The minimum absolute atomic E-state index is 0.185. The van der Waals surface area contributed by atoms with Crippen LogP contribution in [0.25, 0.3) is 21.8 Å². The van der Waals surface area contributed by atoms with E-state index >= 15 is 0 Å². The van der Waals surface area contributed by atoms with E-state index < -0.39 is 0 Å².